The fourth-order valence-electron chi connectivity index (χ4n) is 1.61. The van der Waals surface area contributed by atoms with Crippen molar-refractivity contribution in [3.63, 3.8) is 0 Å². The Kier molecular flexibility index (Phi) is 3.28. The van der Waals surface area contributed by atoms with E-state index in [4.69, 9.17) is 17.3 Å². The molecule has 16 heavy (non-hydrogen) atoms. The van der Waals surface area contributed by atoms with Crippen LogP contribution in [-0.4, -0.2) is 0 Å². The fourth-order valence-corrected chi connectivity index (χ4v) is 1.79. The topological polar surface area (TPSA) is 26.0 Å². The molecule has 0 heterocycles. The Labute approximate surface area is 101 Å². The lowest BCUT2D eigenvalue weighted by Gasteiger charge is -2.05. The first kappa shape index (κ1) is 11.2. The van der Waals surface area contributed by atoms with Crippen molar-refractivity contribution in [3.05, 3.63) is 58.6 Å². The Bertz CT molecular complexity index is 489. The number of aryl methyl sites for hydroxylation is 1. The van der Waals surface area contributed by atoms with Gasteiger partial charge in [-0.25, -0.2) is 0 Å². The molecule has 0 aliphatic rings. The van der Waals surface area contributed by atoms with Crippen LogP contribution in [0.15, 0.2) is 42.5 Å². The molecular formula is C14H14ClN. The summed E-state index contributed by atoms with van der Waals surface area (Å²) in [4.78, 5) is 0. The van der Waals surface area contributed by atoms with Gasteiger partial charge in [0.05, 0.1) is 0 Å². The Morgan fingerprint density at radius 2 is 1.62 bits per heavy atom. The molecule has 2 aromatic carbocycles. The van der Waals surface area contributed by atoms with Crippen molar-refractivity contribution in [2.24, 2.45) is 5.73 Å². The van der Waals surface area contributed by atoms with Gasteiger partial charge in [0, 0.05) is 11.6 Å². The van der Waals surface area contributed by atoms with Gasteiger partial charge in [-0.05, 0) is 35.2 Å². The lowest BCUT2D eigenvalue weighted by Crippen LogP contribution is -1.95. The second-order valence-corrected chi connectivity index (χ2v) is 4.27. The van der Waals surface area contributed by atoms with Gasteiger partial charge >= 0.3 is 0 Å². The maximum absolute atomic E-state index is 6.10. The fraction of sp³-hybridized carbons (Fsp3) is 0.143. The number of benzene rings is 2. The number of rotatable bonds is 2. The minimum atomic E-state index is 0.578. The number of nitrogens with two attached hydrogens (primary N) is 1. The molecule has 0 fully saturated rings. The van der Waals surface area contributed by atoms with Gasteiger partial charge in [0.2, 0.25) is 0 Å². The molecule has 0 saturated carbocycles. The third-order valence-corrected chi connectivity index (χ3v) is 3.10. The van der Waals surface area contributed by atoms with E-state index in [2.05, 4.69) is 18.2 Å². The van der Waals surface area contributed by atoms with Crippen LogP contribution in [0.5, 0.6) is 0 Å². The van der Waals surface area contributed by atoms with Crippen molar-refractivity contribution in [3.8, 4) is 11.1 Å². The molecule has 0 unspecified atom stereocenters. The summed E-state index contributed by atoms with van der Waals surface area (Å²) in [5.41, 5.74) is 10.1. The van der Waals surface area contributed by atoms with Gasteiger partial charge in [-0.3, -0.25) is 0 Å². The Morgan fingerprint density at radius 1 is 1.00 bits per heavy atom. The smallest absolute Gasteiger partial charge is 0.0441 e. The van der Waals surface area contributed by atoms with E-state index in [1.54, 1.807) is 0 Å². The van der Waals surface area contributed by atoms with Crippen molar-refractivity contribution in [2.45, 2.75) is 13.5 Å². The zero-order valence-corrected chi connectivity index (χ0v) is 9.96. The summed E-state index contributed by atoms with van der Waals surface area (Å²) >= 11 is 6.10. The molecule has 82 valence electrons. The lowest BCUT2D eigenvalue weighted by molar-refractivity contribution is 1.07. The summed E-state index contributed by atoms with van der Waals surface area (Å²) < 4.78 is 0. The first-order valence-electron chi connectivity index (χ1n) is 5.26. The maximum Gasteiger partial charge on any atom is 0.0441 e. The molecule has 0 atom stereocenters. The molecule has 1 nitrogen and oxygen atoms in total. The minimum absolute atomic E-state index is 0.578. The summed E-state index contributed by atoms with van der Waals surface area (Å²) in [7, 11) is 0. The second kappa shape index (κ2) is 4.69. The van der Waals surface area contributed by atoms with E-state index in [1.807, 2.05) is 31.2 Å². The van der Waals surface area contributed by atoms with Crippen LogP contribution in [0.4, 0.5) is 0 Å². The van der Waals surface area contributed by atoms with Crippen LogP contribution in [0, 0.1) is 6.92 Å². The summed E-state index contributed by atoms with van der Waals surface area (Å²) in [6.45, 7) is 2.58. The minimum Gasteiger partial charge on any atom is -0.326 e. The Balaban J connectivity index is 2.38. The zero-order chi connectivity index (χ0) is 11.5. The van der Waals surface area contributed by atoms with Gasteiger partial charge in [0.15, 0.2) is 0 Å². The first-order chi connectivity index (χ1) is 7.70. The Hall–Kier alpha value is -1.31. The molecule has 0 amide bonds. The van der Waals surface area contributed by atoms with Crippen molar-refractivity contribution in [2.75, 3.05) is 0 Å². The van der Waals surface area contributed by atoms with Gasteiger partial charge in [0.1, 0.15) is 0 Å². The van der Waals surface area contributed by atoms with Gasteiger partial charge in [-0.15, -0.1) is 0 Å². The van der Waals surface area contributed by atoms with Gasteiger partial charge in [0.25, 0.3) is 0 Å². The van der Waals surface area contributed by atoms with E-state index in [1.165, 1.54) is 5.56 Å². The molecule has 0 bridgehead atoms. The molecule has 0 saturated heterocycles. The van der Waals surface area contributed by atoms with Crippen LogP contribution in [0.2, 0.25) is 5.02 Å². The largest absolute Gasteiger partial charge is 0.326 e. The van der Waals surface area contributed by atoms with E-state index in [9.17, 15) is 0 Å². The Morgan fingerprint density at radius 3 is 2.19 bits per heavy atom. The molecular weight excluding hydrogens is 218 g/mol. The van der Waals surface area contributed by atoms with Crippen LogP contribution < -0.4 is 5.73 Å². The number of hydrogen-bond acceptors (Lipinski definition) is 1. The zero-order valence-electron chi connectivity index (χ0n) is 9.20. The van der Waals surface area contributed by atoms with Crippen molar-refractivity contribution in [1.82, 2.24) is 0 Å². The molecule has 0 aliphatic carbocycles. The predicted molar refractivity (Wildman–Crippen MR) is 69.5 cm³/mol. The van der Waals surface area contributed by atoms with Crippen molar-refractivity contribution >= 4 is 11.6 Å². The van der Waals surface area contributed by atoms with Gasteiger partial charge in [-0.1, -0.05) is 48.0 Å². The highest BCUT2D eigenvalue weighted by Crippen LogP contribution is 2.25. The van der Waals surface area contributed by atoms with Crippen LogP contribution in [-0.2, 0) is 6.54 Å². The summed E-state index contributed by atoms with van der Waals surface area (Å²) in [6, 6.07) is 14.3. The van der Waals surface area contributed by atoms with E-state index in [0.29, 0.717) is 6.54 Å². The highest BCUT2D eigenvalue weighted by atomic mass is 35.5. The third-order valence-electron chi connectivity index (χ3n) is 2.69. The summed E-state index contributed by atoms with van der Waals surface area (Å²) in [6.07, 6.45) is 0. The normalized spacial score (nSPS) is 10.4. The van der Waals surface area contributed by atoms with Gasteiger partial charge < -0.3 is 5.73 Å². The van der Waals surface area contributed by atoms with Crippen LogP contribution in [0.25, 0.3) is 11.1 Å². The van der Waals surface area contributed by atoms with E-state index < -0.39 is 0 Å². The quantitative estimate of drug-likeness (QED) is 0.837. The number of hydrogen-bond donors (Lipinski definition) is 1. The molecule has 0 aromatic heterocycles. The SMILES string of the molecule is Cc1ccc(-c2ccc(CN)cc2)cc1Cl. The summed E-state index contributed by atoms with van der Waals surface area (Å²) in [5, 5.41) is 0.806. The molecule has 0 aliphatic heterocycles. The monoisotopic (exact) mass is 231 g/mol. The molecule has 2 N–H and O–H groups in total. The molecule has 0 radical (unpaired) electrons. The lowest BCUT2D eigenvalue weighted by atomic mass is 10.0. The average Bonchev–Trinajstić information content (AvgIpc) is 2.33. The third kappa shape index (κ3) is 2.26. The van der Waals surface area contributed by atoms with E-state index in [0.717, 1.165) is 21.7 Å². The van der Waals surface area contributed by atoms with Gasteiger partial charge in [-0.2, -0.15) is 0 Å². The van der Waals surface area contributed by atoms with Crippen molar-refractivity contribution in [1.29, 1.82) is 0 Å². The average molecular weight is 232 g/mol. The van der Waals surface area contributed by atoms with E-state index >= 15 is 0 Å². The molecule has 2 rings (SSSR count). The molecule has 2 aromatic rings. The first-order valence-corrected chi connectivity index (χ1v) is 5.64. The molecule has 0 spiro atoms. The highest BCUT2D eigenvalue weighted by Gasteiger charge is 2.00. The summed E-state index contributed by atoms with van der Waals surface area (Å²) in [5.74, 6) is 0. The van der Waals surface area contributed by atoms with Crippen LogP contribution >= 0.6 is 11.6 Å². The van der Waals surface area contributed by atoms with Crippen molar-refractivity contribution < 1.29 is 0 Å². The molecule has 2 heteroatoms. The highest BCUT2D eigenvalue weighted by molar-refractivity contribution is 6.31. The predicted octanol–water partition coefficient (Wildman–Crippen LogP) is 3.77. The second-order valence-electron chi connectivity index (χ2n) is 3.87. The maximum atomic E-state index is 6.10. The van der Waals surface area contributed by atoms with Crippen LogP contribution in [0.1, 0.15) is 11.1 Å². The van der Waals surface area contributed by atoms with Crippen LogP contribution in [0.3, 0.4) is 0 Å². The number of halogens is 1. The van der Waals surface area contributed by atoms with E-state index in [-0.39, 0.29) is 0 Å². The standard InChI is InChI=1S/C14H14ClN/c1-10-2-5-13(8-14(10)15)12-6-3-11(9-16)4-7-12/h2-8H,9,16H2,1H3.